The summed E-state index contributed by atoms with van der Waals surface area (Å²) in [6, 6.07) is 0. The minimum atomic E-state index is -3.02. The molecule has 0 aliphatic carbocycles. The first-order valence-electron chi connectivity index (χ1n) is 3.47. The Labute approximate surface area is 68.2 Å². The van der Waals surface area contributed by atoms with Gasteiger partial charge in [0.1, 0.15) is 0 Å². The molecule has 0 aromatic rings. The van der Waals surface area contributed by atoms with E-state index in [1.807, 2.05) is 0 Å². The first kappa shape index (κ1) is 10.9. The minimum Gasteiger partial charge on any atom is -0.383 e. The second-order valence-electron chi connectivity index (χ2n) is 2.21. The lowest BCUT2D eigenvalue weighted by atomic mass is 10.7. The van der Waals surface area contributed by atoms with Gasteiger partial charge in [0.25, 0.3) is 0 Å². The molecule has 0 spiro atoms. The quantitative estimate of drug-likeness (QED) is 0.595. The molecule has 0 aromatic heterocycles. The molecule has 0 aliphatic heterocycles. The average molecular weight is 181 g/mol. The standard InChI is InChI=1S/C6H15NO3S/c1-4-11(8,9)7(2)5-6-10-3/h4-6H2,1-3H3. The normalized spacial score (nSPS) is 12.4. The van der Waals surface area contributed by atoms with Crippen LogP contribution in [-0.2, 0) is 14.8 Å². The van der Waals surface area contributed by atoms with Crippen LogP contribution in [0.5, 0.6) is 0 Å². The van der Waals surface area contributed by atoms with Crippen molar-refractivity contribution in [2.75, 3.05) is 33.1 Å². The number of nitrogens with zero attached hydrogens (tertiary/aromatic N) is 1. The maximum Gasteiger partial charge on any atom is 0.213 e. The SMILES string of the molecule is CCS(=O)(=O)N(C)CCOC. The fraction of sp³-hybridized carbons (Fsp3) is 1.00. The Morgan fingerprint density at radius 2 is 2.00 bits per heavy atom. The van der Waals surface area contributed by atoms with Crippen LogP contribution in [-0.4, -0.2) is 45.8 Å². The molecule has 11 heavy (non-hydrogen) atoms. The van der Waals surface area contributed by atoms with Crippen molar-refractivity contribution in [3.8, 4) is 0 Å². The van der Waals surface area contributed by atoms with Gasteiger partial charge >= 0.3 is 0 Å². The van der Waals surface area contributed by atoms with Crippen molar-refractivity contribution in [2.45, 2.75) is 6.92 Å². The molecule has 0 aromatic carbocycles. The van der Waals surface area contributed by atoms with Crippen LogP contribution >= 0.6 is 0 Å². The van der Waals surface area contributed by atoms with Crippen molar-refractivity contribution in [1.82, 2.24) is 4.31 Å². The van der Waals surface area contributed by atoms with Crippen LogP contribution in [0.1, 0.15) is 6.92 Å². The Bertz CT molecular complexity index is 188. The number of hydrogen-bond donors (Lipinski definition) is 0. The molecule has 0 heterocycles. The highest BCUT2D eigenvalue weighted by Gasteiger charge is 2.13. The van der Waals surface area contributed by atoms with Gasteiger partial charge in [0.05, 0.1) is 12.4 Å². The zero-order valence-corrected chi connectivity index (χ0v) is 8.02. The van der Waals surface area contributed by atoms with E-state index in [0.717, 1.165) is 0 Å². The van der Waals surface area contributed by atoms with E-state index >= 15 is 0 Å². The molecule has 5 heteroatoms. The summed E-state index contributed by atoms with van der Waals surface area (Å²) in [5, 5.41) is 0. The summed E-state index contributed by atoms with van der Waals surface area (Å²) in [6.07, 6.45) is 0. The van der Waals surface area contributed by atoms with E-state index in [9.17, 15) is 8.42 Å². The van der Waals surface area contributed by atoms with Crippen LogP contribution in [0, 0.1) is 0 Å². The zero-order chi connectivity index (χ0) is 8.91. The van der Waals surface area contributed by atoms with E-state index in [0.29, 0.717) is 13.2 Å². The monoisotopic (exact) mass is 181 g/mol. The van der Waals surface area contributed by atoms with Crippen molar-refractivity contribution < 1.29 is 13.2 Å². The molecule has 0 radical (unpaired) electrons. The minimum absolute atomic E-state index is 0.146. The van der Waals surface area contributed by atoms with E-state index in [-0.39, 0.29) is 5.75 Å². The molecule has 0 saturated heterocycles. The van der Waals surface area contributed by atoms with Gasteiger partial charge in [0, 0.05) is 20.7 Å². The molecule has 0 rings (SSSR count). The van der Waals surface area contributed by atoms with Crippen LogP contribution in [0.25, 0.3) is 0 Å². The molecule has 4 nitrogen and oxygen atoms in total. The van der Waals surface area contributed by atoms with Gasteiger partial charge in [-0.3, -0.25) is 0 Å². The maximum absolute atomic E-state index is 11.1. The van der Waals surface area contributed by atoms with E-state index in [1.165, 1.54) is 4.31 Å². The molecule has 0 unspecified atom stereocenters. The molecule has 0 atom stereocenters. The zero-order valence-electron chi connectivity index (χ0n) is 7.20. The summed E-state index contributed by atoms with van der Waals surface area (Å²) in [5.41, 5.74) is 0. The second-order valence-corrected chi connectivity index (χ2v) is 4.58. The van der Waals surface area contributed by atoms with E-state index in [4.69, 9.17) is 4.74 Å². The molecule has 68 valence electrons. The van der Waals surface area contributed by atoms with E-state index in [1.54, 1.807) is 21.1 Å². The van der Waals surface area contributed by atoms with Gasteiger partial charge in [0.2, 0.25) is 10.0 Å². The summed E-state index contributed by atoms with van der Waals surface area (Å²) in [4.78, 5) is 0. The topological polar surface area (TPSA) is 46.6 Å². The van der Waals surface area contributed by atoms with E-state index in [2.05, 4.69) is 0 Å². The van der Waals surface area contributed by atoms with Gasteiger partial charge in [0.15, 0.2) is 0 Å². The summed E-state index contributed by atoms with van der Waals surface area (Å²) >= 11 is 0. The number of ether oxygens (including phenoxy) is 1. The Hall–Kier alpha value is -0.130. The smallest absolute Gasteiger partial charge is 0.213 e. The predicted molar refractivity (Wildman–Crippen MR) is 44.0 cm³/mol. The predicted octanol–water partition coefficient (Wildman–Crippen LogP) is -0.0857. The molecule has 0 bridgehead atoms. The second kappa shape index (κ2) is 4.69. The Morgan fingerprint density at radius 3 is 2.36 bits per heavy atom. The fourth-order valence-corrected chi connectivity index (χ4v) is 1.37. The first-order valence-corrected chi connectivity index (χ1v) is 5.08. The van der Waals surface area contributed by atoms with Crippen molar-refractivity contribution in [3.63, 3.8) is 0 Å². The molecule has 0 amide bonds. The Morgan fingerprint density at radius 1 is 1.45 bits per heavy atom. The van der Waals surface area contributed by atoms with Crippen LogP contribution < -0.4 is 0 Å². The lowest BCUT2D eigenvalue weighted by Crippen LogP contribution is -2.31. The molecular formula is C6H15NO3S. The van der Waals surface area contributed by atoms with Crippen molar-refractivity contribution >= 4 is 10.0 Å². The Kier molecular flexibility index (Phi) is 4.63. The van der Waals surface area contributed by atoms with E-state index < -0.39 is 10.0 Å². The highest BCUT2D eigenvalue weighted by Crippen LogP contribution is 1.95. The third-order valence-electron chi connectivity index (χ3n) is 1.45. The summed E-state index contributed by atoms with van der Waals surface area (Å²) < 4.78 is 28.2. The summed E-state index contributed by atoms with van der Waals surface area (Å²) in [7, 11) is 0.0843. The van der Waals surface area contributed by atoms with Gasteiger partial charge < -0.3 is 4.74 Å². The summed E-state index contributed by atoms with van der Waals surface area (Å²) in [6.45, 7) is 2.49. The number of methoxy groups -OCH3 is 1. The van der Waals surface area contributed by atoms with Gasteiger partial charge in [-0.05, 0) is 6.92 Å². The van der Waals surface area contributed by atoms with Crippen LogP contribution in [0.2, 0.25) is 0 Å². The Balaban J connectivity index is 3.93. The first-order chi connectivity index (χ1) is 5.04. The number of likely N-dealkylation sites (N-methyl/N-ethyl adjacent to an activating group) is 1. The number of sulfonamides is 1. The fourth-order valence-electron chi connectivity index (χ4n) is 0.579. The molecule has 0 fully saturated rings. The lowest BCUT2D eigenvalue weighted by molar-refractivity contribution is 0.185. The van der Waals surface area contributed by atoms with Crippen LogP contribution in [0.15, 0.2) is 0 Å². The lowest BCUT2D eigenvalue weighted by Gasteiger charge is -2.14. The van der Waals surface area contributed by atoms with Gasteiger partial charge in [-0.2, -0.15) is 0 Å². The van der Waals surface area contributed by atoms with Crippen molar-refractivity contribution in [3.05, 3.63) is 0 Å². The van der Waals surface area contributed by atoms with Crippen LogP contribution in [0.3, 0.4) is 0 Å². The van der Waals surface area contributed by atoms with Gasteiger partial charge in [-0.25, -0.2) is 12.7 Å². The molecule has 0 N–H and O–H groups in total. The average Bonchev–Trinajstić information content (AvgIpc) is 2.00. The third-order valence-corrected chi connectivity index (χ3v) is 3.31. The largest absolute Gasteiger partial charge is 0.383 e. The molecule has 0 aliphatic rings. The molecule has 0 saturated carbocycles. The van der Waals surface area contributed by atoms with Crippen LogP contribution in [0.4, 0.5) is 0 Å². The highest BCUT2D eigenvalue weighted by molar-refractivity contribution is 7.89. The number of hydrogen-bond acceptors (Lipinski definition) is 3. The van der Waals surface area contributed by atoms with Crippen molar-refractivity contribution in [1.29, 1.82) is 0 Å². The van der Waals surface area contributed by atoms with Gasteiger partial charge in [-0.1, -0.05) is 0 Å². The van der Waals surface area contributed by atoms with Gasteiger partial charge in [-0.15, -0.1) is 0 Å². The maximum atomic E-state index is 11.1. The highest BCUT2D eigenvalue weighted by atomic mass is 32.2. The van der Waals surface area contributed by atoms with Crippen molar-refractivity contribution in [2.24, 2.45) is 0 Å². The molecular weight excluding hydrogens is 166 g/mol. The third kappa shape index (κ3) is 3.69. The number of rotatable bonds is 5. The summed E-state index contributed by atoms with van der Waals surface area (Å²) in [5.74, 6) is 0.146.